The summed E-state index contributed by atoms with van der Waals surface area (Å²) in [6, 6.07) is 7.38. The van der Waals surface area contributed by atoms with Crippen LogP contribution in [-0.4, -0.2) is 24.8 Å². The van der Waals surface area contributed by atoms with E-state index in [2.05, 4.69) is 0 Å². The number of hydrogen-bond acceptors (Lipinski definition) is 4. The average molecular weight is 222 g/mol. The van der Waals surface area contributed by atoms with Gasteiger partial charge in [-0.3, -0.25) is 4.79 Å². The zero-order chi connectivity index (χ0) is 11.5. The van der Waals surface area contributed by atoms with Gasteiger partial charge in [-0.05, 0) is 6.07 Å². The summed E-state index contributed by atoms with van der Waals surface area (Å²) >= 11 is 0. The Morgan fingerprint density at radius 3 is 2.94 bits per heavy atom. The summed E-state index contributed by atoms with van der Waals surface area (Å²) in [5.41, 5.74) is 0.815. The largest absolute Gasteiger partial charge is 0.496 e. The molecular formula is C12H14O4. The molecule has 0 saturated carbocycles. The van der Waals surface area contributed by atoms with E-state index in [9.17, 15) is 9.90 Å². The lowest BCUT2D eigenvalue weighted by atomic mass is 9.95. The topological polar surface area (TPSA) is 55.8 Å². The van der Waals surface area contributed by atoms with E-state index in [1.54, 1.807) is 7.11 Å². The van der Waals surface area contributed by atoms with Gasteiger partial charge >= 0.3 is 5.97 Å². The molecule has 1 N–H and O–H groups in total. The molecule has 2 rings (SSSR count). The quantitative estimate of drug-likeness (QED) is 0.783. The fourth-order valence-corrected chi connectivity index (χ4v) is 1.99. The van der Waals surface area contributed by atoms with Gasteiger partial charge in [-0.1, -0.05) is 18.2 Å². The molecule has 0 aliphatic carbocycles. The van der Waals surface area contributed by atoms with Crippen molar-refractivity contribution in [2.24, 2.45) is 5.92 Å². The van der Waals surface area contributed by atoms with Crippen molar-refractivity contribution in [2.75, 3.05) is 13.7 Å². The minimum absolute atomic E-state index is 0.0611. The molecule has 1 saturated heterocycles. The number of methoxy groups -OCH3 is 1. The summed E-state index contributed by atoms with van der Waals surface area (Å²) < 4.78 is 10.4. The highest BCUT2D eigenvalue weighted by molar-refractivity contribution is 5.72. The Morgan fingerprint density at radius 2 is 2.25 bits per heavy atom. The van der Waals surface area contributed by atoms with Gasteiger partial charge in [0.15, 0.2) is 0 Å². The predicted molar refractivity (Wildman–Crippen MR) is 57.0 cm³/mol. The van der Waals surface area contributed by atoms with Gasteiger partial charge in [0.05, 0.1) is 20.1 Å². The Morgan fingerprint density at radius 1 is 1.50 bits per heavy atom. The van der Waals surface area contributed by atoms with Crippen LogP contribution in [0.3, 0.4) is 0 Å². The fourth-order valence-electron chi connectivity index (χ4n) is 1.99. The van der Waals surface area contributed by atoms with Crippen molar-refractivity contribution in [2.45, 2.75) is 12.5 Å². The summed E-state index contributed by atoms with van der Waals surface area (Å²) in [4.78, 5) is 11.2. The van der Waals surface area contributed by atoms with Crippen LogP contribution < -0.4 is 4.74 Å². The first-order valence-electron chi connectivity index (χ1n) is 5.19. The Bertz CT molecular complexity index is 388. The summed E-state index contributed by atoms with van der Waals surface area (Å²) in [7, 11) is 1.57. The normalized spacial score (nSPS) is 24.2. The van der Waals surface area contributed by atoms with Gasteiger partial charge < -0.3 is 14.6 Å². The Kier molecular flexibility index (Phi) is 3.10. The standard InChI is InChI=1S/C12H14O4/c1-15-10-5-3-2-4-9(10)12-8(7-13)6-11(14)16-12/h2-5,8,12-13H,6-7H2,1H3. The van der Waals surface area contributed by atoms with Gasteiger partial charge in [0.2, 0.25) is 0 Å². The lowest BCUT2D eigenvalue weighted by Gasteiger charge is -2.18. The Labute approximate surface area is 93.8 Å². The molecule has 86 valence electrons. The number of para-hydroxylation sites is 1. The van der Waals surface area contributed by atoms with Crippen LogP contribution in [0.25, 0.3) is 0 Å². The third kappa shape index (κ3) is 1.88. The number of rotatable bonds is 3. The molecule has 1 aliphatic rings. The Hall–Kier alpha value is -1.55. The molecule has 1 aliphatic heterocycles. The second-order valence-electron chi connectivity index (χ2n) is 3.80. The molecule has 0 aromatic heterocycles. The first kappa shape index (κ1) is 11.0. The van der Waals surface area contributed by atoms with Gasteiger partial charge in [-0.15, -0.1) is 0 Å². The molecule has 1 aromatic rings. The number of esters is 1. The zero-order valence-corrected chi connectivity index (χ0v) is 9.05. The van der Waals surface area contributed by atoms with Crippen LogP contribution in [0.4, 0.5) is 0 Å². The number of carbonyl (C=O) groups excluding carboxylic acids is 1. The van der Waals surface area contributed by atoms with Gasteiger partial charge in [0.1, 0.15) is 11.9 Å². The van der Waals surface area contributed by atoms with E-state index in [4.69, 9.17) is 9.47 Å². The number of carbonyl (C=O) groups is 1. The van der Waals surface area contributed by atoms with E-state index in [1.165, 1.54) is 0 Å². The second-order valence-corrected chi connectivity index (χ2v) is 3.80. The smallest absolute Gasteiger partial charge is 0.306 e. The summed E-state index contributed by atoms with van der Waals surface area (Å²) in [6.45, 7) is -0.0611. The first-order chi connectivity index (χ1) is 7.76. The molecule has 0 spiro atoms. The number of aliphatic hydroxyl groups is 1. The highest BCUT2D eigenvalue weighted by Crippen LogP contribution is 2.38. The highest BCUT2D eigenvalue weighted by Gasteiger charge is 2.36. The number of ether oxygens (including phenoxy) is 2. The van der Waals surface area contributed by atoms with E-state index in [0.29, 0.717) is 5.75 Å². The molecule has 0 radical (unpaired) electrons. The van der Waals surface area contributed by atoms with Crippen LogP contribution >= 0.6 is 0 Å². The maximum atomic E-state index is 11.2. The van der Waals surface area contributed by atoms with Crippen molar-refractivity contribution in [3.05, 3.63) is 29.8 Å². The number of cyclic esters (lactones) is 1. The van der Waals surface area contributed by atoms with Crippen LogP contribution in [0.2, 0.25) is 0 Å². The van der Waals surface area contributed by atoms with Crippen LogP contribution in [0.15, 0.2) is 24.3 Å². The SMILES string of the molecule is COc1ccccc1C1OC(=O)CC1CO. The molecule has 4 heteroatoms. The van der Waals surface area contributed by atoms with E-state index < -0.39 is 6.10 Å². The molecule has 4 nitrogen and oxygen atoms in total. The number of hydrogen-bond donors (Lipinski definition) is 1. The van der Waals surface area contributed by atoms with Crippen molar-refractivity contribution in [1.29, 1.82) is 0 Å². The van der Waals surface area contributed by atoms with E-state index in [-0.39, 0.29) is 24.9 Å². The second kappa shape index (κ2) is 4.53. The predicted octanol–water partition coefficient (Wildman–Crippen LogP) is 1.29. The van der Waals surface area contributed by atoms with Gasteiger partial charge in [0.25, 0.3) is 0 Å². The molecule has 1 aromatic carbocycles. The molecule has 1 fully saturated rings. The monoisotopic (exact) mass is 222 g/mol. The van der Waals surface area contributed by atoms with Gasteiger partial charge in [0, 0.05) is 11.5 Å². The highest BCUT2D eigenvalue weighted by atomic mass is 16.6. The molecule has 2 atom stereocenters. The molecule has 16 heavy (non-hydrogen) atoms. The van der Waals surface area contributed by atoms with Crippen LogP contribution in [0.5, 0.6) is 5.75 Å². The Balaban J connectivity index is 2.32. The molecular weight excluding hydrogens is 208 g/mol. The minimum atomic E-state index is -0.395. The third-order valence-electron chi connectivity index (χ3n) is 2.80. The van der Waals surface area contributed by atoms with E-state index >= 15 is 0 Å². The van der Waals surface area contributed by atoms with Crippen molar-refractivity contribution in [3.63, 3.8) is 0 Å². The van der Waals surface area contributed by atoms with Crippen molar-refractivity contribution >= 4 is 5.97 Å². The fraction of sp³-hybridized carbons (Fsp3) is 0.417. The number of aliphatic hydroxyl groups excluding tert-OH is 1. The number of benzene rings is 1. The molecule has 2 unspecified atom stereocenters. The lowest BCUT2D eigenvalue weighted by molar-refractivity contribution is -0.141. The summed E-state index contributed by atoms with van der Waals surface area (Å²) in [5, 5.41) is 9.21. The van der Waals surface area contributed by atoms with Crippen molar-refractivity contribution < 1.29 is 19.4 Å². The molecule has 1 heterocycles. The van der Waals surface area contributed by atoms with E-state index in [0.717, 1.165) is 5.56 Å². The van der Waals surface area contributed by atoms with E-state index in [1.807, 2.05) is 24.3 Å². The van der Waals surface area contributed by atoms with Crippen molar-refractivity contribution in [3.8, 4) is 5.75 Å². The minimum Gasteiger partial charge on any atom is -0.496 e. The first-order valence-corrected chi connectivity index (χ1v) is 5.19. The van der Waals surface area contributed by atoms with Crippen LogP contribution in [-0.2, 0) is 9.53 Å². The maximum Gasteiger partial charge on any atom is 0.306 e. The maximum absolute atomic E-state index is 11.2. The van der Waals surface area contributed by atoms with Gasteiger partial charge in [-0.2, -0.15) is 0 Å². The zero-order valence-electron chi connectivity index (χ0n) is 9.05. The lowest BCUT2D eigenvalue weighted by Crippen LogP contribution is -2.12. The third-order valence-corrected chi connectivity index (χ3v) is 2.80. The van der Waals surface area contributed by atoms with Crippen LogP contribution in [0.1, 0.15) is 18.1 Å². The summed E-state index contributed by atoms with van der Waals surface area (Å²) in [5.74, 6) is 0.236. The summed E-state index contributed by atoms with van der Waals surface area (Å²) in [6.07, 6.45) is -0.132. The molecule has 0 amide bonds. The average Bonchev–Trinajstić information content (AvgIpc) is 2.70. The molecule has 0 bridgehead atoms. The van der Waals surface area contributed by atoms with Crippen molar-refractivity contribution in [1.82, 2.24) is 0 Å². The van der Waals surface area contributed by atoms with Crippen LogP contribution in [0, 0.1) is 5.92 Å². The van der Waals surface area contributed by atoms with Gasteiger partial charge in [-0.25, -0.2) is 0 Å².